The molecule has 35 heavy (non-hydrogen) atoms. The molecule has 0 aliphatic carbocycles. The zero-order valence-corrected chi connectivity index (χ0v) is 21.4. The number of hydrogen-bond acceptors (Lipinski definition) is 5. The van der Waals surface area contributed by atoms with Gasteiger partial charge in [0.2, 0.25) is 15.9 Å². The Morgan fingerprint density at radius 1 is 0.971 bits per heavy atom. The van der Waals surface area contributed by atoms with Crippen molar-refractivity contribution in [3.8, 4) is 11.1 Å². The number of benzene rings is 3. The molecule has 2 N–H and O–H groups in total. The normalized spacial score (nSPS) is 17.2. The summed E-state index contributed by atoms with van der Waals surface area (Å²) in [4.78, 5) is 13.5. The fourth-order valence-corrected chi connectivity index (χ4v) is 7.25. The van der Waals surface area contributed by atoms with Gasteiger partial charge in [0.25, 0.3) is 0 Å². The van der Waals surface area contributed by atoms with Gasteiger partial charge in [-0.1, -0.05) is 79.7 Å². The first-order valence-corrected chi connectivity index (χ1v) is 14.3. The molecule has 1 aliphatic rings. The fourth-order valence-electron chi connectivity index (χ4n) is 4.17. The molecule has 0 radical (unpaired) electrons. The van der Waals surface area contributed by atoms with Crippen molar-refractivity contribution < 1.29 is 13.2 Å². The van der Waals surface area contributed by atoms with Crippen LogP contribution in [0.5, 0.6) is 0 Å². The van der Waals surface area contributed by atoms with Crippen molar-refractivity contribution in [3.63, 3.8) is 0 Å². The lowest BCUT2D eigenvalue weighted by Crippen LogP contribution is -2.46. The summed E-state index contributed by atoms with van der Waals surface area (Å²) >= 11 is 1.36. The molecule has 8 heteroatoms. The summed E-state index contributed by atoms with van der Waals surface area (Å²) in [6, 6.07) is 26.3. The number of nitrogens with one attached hydrogen (secondary N) is 2. The predicted octanol–water partition coefficient (Wildman–Crippen LogP) is 4.27. The number of carbonyl (C=O) groups is 1. The van der Waals surface area contributed by atoms with Gasteiger partial charge >= 0.3 is 0 Å². The zero-order chi connectivity index (χ0) is 24.7. The van der Waals surface area contributed by atoms with E-state index in [1.54, 1.807) is 12.1 Å². The van der Waals surface area contributed by atoms with E-state index >= 15 is 0 Å². The molecule has 0 unspecified atom stereocenters. The lowest BCUT2D eigenvalue weighted by molar-refractivity contribution is -0.122. The van der Waals surface area contributed by atoms with Crippen molar-refractivity contribution in [1.29, 1.82) is 0 Å². The Balaban J connectivity index is 1.50. The molecule has 3 aromatic carbocycles. The van der Waals surface area contributed by atoms with E-state index < -0.39 is 15.4 Å². The second-order valence-corrected chi connectivity index (χ2v) is 11.4. The molecule has 0 bridgehead atoms. The monoisotopic (exact) mass is 509 g/mol. The maximum atomic E-state index is 13.5. The Bertz CT molecular complexity index is 1200. The zero-order valence-electron chi connectivity index (χ0n) is 19.8. The van der Waals surface area contributed by atoms with E-state index in [9.17, 15) is 13.2 Å². The molecule has 2 atom stereocenters. The van der Waals surface area contributed by atoms with Gasteiger partial charge < -0.3 is 10.6 Å². The van der Waals surface area contributed by atoms with Crippen LogP contribution in [0.25, 0.3) is 11.1 Å². The number of amides is 1. The standard InChI is InChI=1S/C27H31N3O3S2/c1-2-28-18-17-25(23-11-7-4-8-12-23)29-26(31)27-30(19-20-34-27)35(32,33)24-15-13-22(14-16-24)21-9-5-3-6-10-21/h3-16,25,27-28H,2,17-20H2,1H3,(H,29,31)/t25-,27-/m0/s1. The van der Waals surface area contributed by atoms with Crippen molar-refractivity contribution >= 4 is 27.7 Å². The molecule has 1 saturated heterocycles. The SMILES string of the molecule is CCNCC[C@H](NC(=O)[C@@H]1SCCN1S(=O)(=O)c1ccc(-c2ccccc2)cc1)c1ccccc1. The summed E-state index contributed by atoms with van der Waals surface area (Å²) in [6.07, 6.45) is 0.717. The van der Waals surface area contributed by atoms with Crippen LogP contribution < -0.4 is 10.6 Å². The molecule has 3 aromatic rings. The van der Waals surface area contributed by atoms with Gasteiger partial charge in [-0.25, -0.2) is 8.42 Å². The maximum absolute atomic E-state index is 13.5. The second-order valence-electron chi connectivity index (χ2n) is 8.34. The molecule has 184 valence electrons. The van der Waals surface area contributed by atoms with Gasteiger partial charge in [-0.2, -0.15) is 4.31 Å². The summed E-state index contributed by atoms with van der Waals surface area (Å²) in [5.41, 5.74) is 2.98. The molecular formula is C27H31N3O3S2. The number of carbonyl (C=O) groups excluding carboxylic acids is 1. The summed E-state index contributed by atoms with van der Waals surface area (Å²) in [5.74, 6) is 0.301. The lowest BCUT2D eigenvalue weighted by atomic mass is 10.0. The molecule has 1 amide bonds. The van der Waals surface area contributed by atoms with Gasteiger partial charge in [-0.05, 0) is 48.3 Å². The van der Waals surface area contributed by atoms with Crippen LogP contribution in [0.4, 0.5) is 0 Å². The van der Waals surface area contributed by atoms with Crippen LogP contribution >= 0.6 is 11.8 Å². The average Bonchev–Trinajstić information content (AvgIpc) is 3.41. The Labute approximate surface area is 212 Å². The van der Waals surface area contributed by atoms with Crippen LogP contribution in [0, 0.1) is 0 Å². The Hall–Kier alpha value is -2.65. The van der Waals surface area contributed by atoms with Crippen LogP contribution in [0.1, 0.15) is 24.9 Å². The van der Waals surface area contributed by atoms with Gasteiger partial charge in [-0.3, -0.25) is 4.79 Å². The van der Waals surface area contributed by atoms with Crippen molar-refractivity contribution in [2.75, 3.05) is 25.4 Å². The summed E-state index contributed by atoms with van der Waals surface area (Å²) in [6.45, 7) is 3.95. The van der Waals surface area contributed by atoms with Gasteiger partial charge in [0.1, 0.15) is 5.37 Å². The van der Waals surface area contributed by atoms with Gasteiger partial charge in [0, 0.05) is 12.3 Å². The fraction of sp³-hybridized carbons (Fsp3) is 0.296. The Morgan fingerprint density at radius 2 is 1.60 bits per heavy atom. The molecule has 0 spiro atoms. The van der Waals surface area contributed by atoms with Gasteiger partial charge in [0.05, 0.1) is 10.9 Å². The maximum Gasteiger partial charge on any atom is 0.249 e. The average molecular weight is 510 g/mol. The number of sulfonamides is 1. The molecule has 6 nitrogen and oxygen atoms in total. The highest BCUT2D eigenvalue weighted by Gasteiger charge is 2.40. The predicted molar refractivity (Wildman–Crippen MR) is 143 cm³/mol. The van der Waals surface area contributed by atoms with E-state index in [0.29, 0.717) is 18.7 Å². The highest BCUT2D eigenvalue weighted by Crippen LogP contribution is 2.32. The van der Waals surface area contributed by atoms with Crippen LogP contribution in [0.3, 0.4) is 0 Å². The minimum absolute atomic E-state index is 0.196. The van der Waals surface area contributed by atoms with Crippen LogP contribution in [-0.4, -0.2) is 49.4 Å². The van der Waals surface area contributed by atoms with E-state index in [2.05, 4.69) is 10.6 Å². The van der Waals surface area contributed by atoms with Gasteiger partial charge in [-0.15, -0.1) is 11.8 Å². The molecule has 1 fully saturated rings. The third kappa shape index (κ3) is 6.13. The van der Waals surface area contributed by atoms with Crippen molar-refractivity contribution in [2.24, 2.45) is 0 Å². The topological polar surface area (TPSA) is 78.5 Å². The Kier molecular flexibility index (Phi) is 8.62. The minimum Gasteiger partial charge on any atom is -0.347 e. The van der Waals surface area contributed by atoms with E-state index in [4.69, 9.17) is 0 Å². The molecule has 0 aromatic heterocycles. The van der Waals surface area contributed by atoms with Crippen LogP contribution in [0.15, 0.2) is 89.8 Å². The van der Waals surface area contributed by atoms with Crippen LogP contribution in [-0.2, 0) is 14.8 Å². The van der Waals surface area contributed by atoms with E-state index in [1.807, 2.05) is 79.7 Å². The highest BCUT2D eigenvalue weighted by molar-refractivity contribution is 8.02. The molecule has 1 heterocycles. The summed E-state index contributed by atoms with van der Waals surface area (Å²) in [5, 5.41) is 5.62. The smallest absolute Gasteiger partial charge is 0.249 e. The second kappa shape index (κ2) is 11.9. The Morgan fingerprint density at radius 3 is 2.26 bits per heavy atom. The number of hydrogen-bond donors (Lipinski definition) is 2. The molecule has 0 saturated carbocycles. The van der Waals surface area contributed by atoms with Crippen molar-refractivity contribution in [2.45, 2.75) is 29.7 Å². The number of rotatable bonds is 10. The number of thioether (sulfide) groups is 1. The third-order valence-corrected chi connectivity index (χ3v) is 9.23. The first kappa shape index (κ1) is 25.4. The highest BCUT2D eigenvalue weighted by atomic mass is 32.2. The first-order chi connectivity index (χ1) is 17.0. The van der Waals surface area contributed by atoms with E-state index in [-0.39, 0.29) is 16.8 Å². The largest absolute Gasteiger partial charge is 0.347 e. The summed E-state index contributed by atoms with van der Waals surface area (Å²) in [7, 11) is -3.81. The van der Waals surface area contributed by atoms with Gasteiger partial charge in [0.15, 0.2) is 0 Å². The minimum atomic E-state index is -3.81. The van der Waals surface area contributed by atoms with Crippen LogP contribution in [0.2, 0.25) is 0 Å². The molecule has 4 rings (SSSR count). The quantitative estimate of drug-likeness (QED) is 0.399. The molecular weight excluding hydrogens is 478 g/mol. The first-order valence-electron chi connectivity index (χ1n) is 11.9. The van der Waals surface area contributed by atoms with Crippen molar-refractivity contribution in [1.82, 2.24) is 14.9 Å². The van der Waals surface area contributed by atoms with E-state index in [1.165, 1.54) is 16.1 Å². The van der Waals surface area contributed by atoms with E-state index in [0.717, 1.165) is 29.8 Å². The molecule has 1 aliphatic heterocycles. The van der Waals surface area contributed by atoms with Crippen molar-refractivity contribution in [3.05, 3.63) is 90.5 Å². The lowest BCUT2D eigenvalue weighted by Gasteiger charge is -2.26. The number of nitrogens with zero attached hydrogens (tertiary/aromatic N) is 1. The third-order valence-electron chi connectivity index (χ3n) is 6.02. The summed E-state index contributed by atoms with van der Waals surface area (Å²) < 4.78 is 28.3.